The molecular formula is C19H23NO2. The van der Waals surface area contributed by atoms with Crippen LogP contribution in [-0.4, -0.2) is 12.0 Å². The van der Waals surface area contributed by atoms with E-state index in [4.69, 9.17) is 4.74 Å². The number of hydrogen-bond acceptors (Lipinski definition) is 2. The van der Waals surface area contributed by atoms with Crippen molar-refractivity contribution in [3.05, 3.63) is 58.7 Å². The average Bonchev–Trinajstić information content (AvgIpc) is 2.45. The van der Waals surface area contributed by atoms with Gasteiger partial charge in [0.2, 0.25) is 0 Å². The van der Waals surface area contributed by atoms with Crippen LogP contribution in [0.25, 0.3) is 0 Å². The summed E-state index contributed by atoms with van der Waals surface area (Å²) in [6, 6.07) is 11.9. The highest BCUT2D eigenvalue weighted by atomic mass is 16.5. The van der Waals surface area contributed by atoms with Crippen molar-refractivity contribution in [2.45, 2.75) is 40.7 Å². The zero-order valence-electron chi connectivity index (χ0n) is 13.9. The van der Waals surface area contributed by atoms with E-state index in [-0.39, 0.29) is 5.91 Å². The largest absolute Gasteiger partial charge is 0.481 e. The van der Waals surface area contributed by atoms with E-state index < -0.39 is 6.10 Å². The molecule has 0 aliphatic rings. The highest BCUT2D eigenvalue weighted by Crippen LogP contribution is 2.21. The van der Waals surface area contributed by atoms with Gasteiger partial charge in [0.1, 0.15) is 5.75 Å². The summed E-state index contributed by atoms with van der Waals surface area (Å²) in [5.41, 5.74) is 5.20. The SMILES string of the molecule is Cc1ccc(O[C@@H](C)C(=O)Nc2cc(C)ccc2C)c(C)c1. The van der Waals surface area contributed by atoms with Gasteiger partial charge >= 0.3 is 0 Å². The van der Waals surface area contributed by atoms with E-state index in [2.05, 4.69) is 5.32 Å². The summed E-state index contributed by atoms with van der Waals surface area (Å²) in [7, 11) is 0. The standard InChI is InChI=1S/C19H23NO2/c1-12-7-9-18(15(4)10-12)22-16(5)19(21)20-17-11-13(2)6-8-14(17)3/h6-11,16H,1-5H3,(H,20,21)/t16-/m0/s1. The Kier molecular flexibility index (Phi) is 4.86. The number of hydrogen-bond donors (Lipinski definition) is 1. The van der Waals surface area contributed by atoms with Gasteiger partial charge in [-0.25, -0.2) is 0 Å². The smallest absolute Gasteiger partial charge is 0.265 e. The molecule has 2 aromatic carbocycles. The number of rotatable bonds is 4. The number of amides is 1. The number of ether oxygens (including phenoxy) is 1. The van der Waals surface area contributed by atoms with Gasteiger partial charge in [0.15, 0.2) is 6.10 Å². The molecule has 22 heavy (non-hydrogen) atoms. The number of benzene rings is 2. The lowest BCUT2D eigenvalue weighted by atomic mass is 10.1. The first-order chi connectivity index (χ1) is 10.4. The number of nitrogens with one attached hydrogen (secondary N) is 1. The molecule has 116 valence electrons. The highest BCUT2D eigenvalue weighted by molar-refractivity contribution is 5.94. The summed E-state index contributed by atoms with van der Waals surface area (Å²) in [6.45, 7) is 9.76. The van der Waals surface area contributed by atoms with Crippen molar-refractivity contribution < 1.29 is 9.53 Å². The monoisotopic (exact) mass is 297 g/mol. The lowest BCUT2D eigenvalue weighted by Gasteiger charge is -2.17. The van der Waals surface area contributed by atoms with Crippen LogP contribution in [0.5, 0.6) is 5.75 Å². The van der Waals surface area contributed by atoms with Gasteiger partial charge in [-0.3, -0.25) is 4.79 Å². The molecule has 0 saturated carbocycles. The van der Waals surface area contributed by atoms with Crippen molar-refractivity contribution >= 4 is 11.6 Å². The maximum Gasteiger partial charge on any atom is 0.265 e. The van der Waals surface area contributed by atoms with Gasteiger partial charge in [0.25, 0.3) is 5.91 Å². The van der Waals surface area contributed by atoms with E-state index in [9.17, 15) is 4.79 Å². The van der Waals surface area contributed by atoms with Crippen LogP contribution >= 0.6 is 0 Å². The molecule has 0 bridgehead atoms. The van der Waals surface area contributed by atoms with Crippen LogP contribution in [0.2, 0.25) is 0 Å². The maximum absolute atomic E-state index is 12.3. The first-order valence-electron chi connectivity index (χ1n) is 7.49. The van der Waals surface area contributed by atoms with E-state index in [0.29, 0.717) is 0 Å². The summed E-state index contributed by atoms with van der Waals surface area (Å²) >= 11 is 0. The third-order valence-electron chi connectivity index (χ3n) is 3.65. The quantitative estimate of drug-likeness (QED) is 0.912. The molecule has 0 aliphatic heterocycles. The Bertz CT molecular complexity index is 692. The van der Waals surface area contributed by atoms with Crippen molar-refractivity contribution in [3.63, 3.8) is 0 Å². The minimum Gasteiger partial charge on any atom is -0.481 e. The Balaban J connectivity index is 2.07. The van der Waals surface area contributed by atoms with Gasteiger partial charge in [-0.2, -0.15) is 0 Å². The molecule has 3 nitrogen and oxygen atoms in total. The molecular weight excluding hydrogens is 274 g/mol. The van der Waals surface area contributed by atoms with Crippen molar-refractivity contribution in [2.24, 2.45) is 0 Å². The van der Waals surface area contributed by atoms with Gasteiger partial charge in [0, 0.05) is 5.69 Å². The Labute approximate surface area is 132 Å². The molecule has 1 amide bonds. The summed E-state index contributed by atoms with van der Waals surface area (Å²) in [6.07, 6.45) is -0.554. The van der Waals surface area contributed by atoms with Crippen LogP contribution in [0.1, 0.15) is 29.2 Å². The molecule has 0 aromatic heterocycles. The summed E-state index contributed by atoms with van der Waals surface area (Å²) < 4.78 is 5.79. The maximum atomic E-state index is 12.3. The number of carbonyl (C=O) groups is 1. The first kappa shape index (κ1) is 16.1. The van der Waals surface area contributed by atoms with Gasteiger partial charge in [0.05, 0.1) is 0 Å². The third-order valence-corrected chi connectivity index (χ3v) is 3.65. The minimum absolute atomic E-state index is 0.145. The molecule has 1 atom stereocenters. The molecule has 0 unspecified atom stereocenters. The summed E-state index contributed by atoms with van der Waals surface area (Å²) in [5, 5.41) is 2.94. The molecule has 0 saturated heterocycles. The van der Waals surface area contributed by atoms with Gasteiger partial charge in [-0.05, 0) is 63.4 Å². The van der Waals surface area contributed by atoms with Crippen molar-refractivity contribution in [3.8, 4) is 5.75 Å². The van der Waals surface area contributed by atoms with Crippen LogP contribution in [0.3, 0.4) is 0 Å². The van der Waals surface area contributed by atoms with Crippen LogP contribution in [-0.2, 0) is 4.79 Å². The predicted octanol–water partition coefficient (Wildman–Crippen LogP) is 4.33. The van der Waals surface area contributed by atoms with E-state index in [1.807, 2.05) is 64.1 Å². The Morgan fingerprint density at radius 2 is 1.59 bits per heavy atom. The Morgan fingerprint density at radius 3 is 2.27 bits per heavy atom. The molecule has 0 aliphatic carbocycles. The van der Waals surface area contributed by atoms with E-state index in [0.717, 1.165) is 28.1 Å². The molecule has 0 heterocycles. The molecule has 2 aromatic rings. The van der Waals surface area contributed by atoms with Gasteiger partial charge < -0.3 is 10.1 Å². The van der Waals surface area contributed by atoms with Crippen LogP contribution < -0.4 is 10.1 Å². The van der Waals surface area contributed by atoms with E-state index >= 15 is 0 Å². The van der Waals surface area contributed by atoms with E-state index in [1.54, 1.807) is 6.92 Å². The minimum atomic E-state index is -0.554. The lowest BCUT2D eigenvalue weighted by Crippen LogP contribution is -2.30. The number of anilines is 1. The van der Waals surface area contributed by atoms with Crippen molar-refractivity contribution in [1.82, 2.24) is 0 Å². The zero-order valence-corrected chi connectivity index (χ0v) is 13.9. The van der Waals surface area contributed by atoms with E-state index in [1.165, 1.54) is 5.56 Å². The molecule has 1 N–H and O–H groups in total. The van der Waals surface area contributed by atoms with Crippen molar-refractivity contribution in [2.75, 3.05) is 5.32 Å². The van der Waals surface area contributed by atoms with Gasteiger partial charge in [-0.15, -0.1) is 0 Å². The second-order valence-electron chi connectivity index (χ2n) is 5.84. The molecule has 0 spiro atoms. The second kappa shape index (κ2) is 6.65. The van der Waals surface area contributed by atoms with Gasteiger partial charge in [-0.1, -0.05) is 29.8 Å². The lowest BCUT2D eigenvalue weighted by molar-refractivity contribution is -0.122. The Morgan fingerprint density at radius 1 is 0.955 bits per heavy atom. The molecule has 3 heteroatoms. The number of aryl methyl sites for hydroxylation is 4. The van der Waals surface area contributed by atoms with Crippen molar-refractivity contribution in [1.29, 1.82) is 0 Å². The zero-order chi connectivity index (χ0) is 16.3. The fourth-order valence-corrected chi connectivity index (χ4v) is 2.28. The van der Waals surface area contributed by atoms with Crippen LogP contribution in [0.15, 0.2) is 36.4 Å². The van der Waals surface area contributed by atoms with Crippen LogP contribution in [0.4, 0.5) is 5.69 Å². The Hall–Kier alpha value is -2.29. The fourth-order valence-electron chi connectivity index (χ4n) is 2.28. The molecule has 2 rings (SSSR count). The molecule has 0 radical (unpaired) electrons. The molecule has 0 fully saturated rings. The first-order valence-corrected chi connectivity index (χ1v) is 7.49. The second-order valence-corrected chi connectivity index (χ2v) is 5.84. The number of carbonyl (C=O) groups excluding carboxylic acids is 1. The summed E-state index contributed by atoms with van der Waals surface area (Å²) in [5.74, 6) is 0.600. The topological polar surface area (TPSA) is 38.3 Å². The highest BCUT2D eigenvalue weighted by Gasteiger charge is 2.16. The van der Waals surface area contributed by atoms with Crippen LogP contribution in [0, 0.1) is 27.7 Å². The average molecular weight is 297 g/mol. The predicted molar refractivity (Wildman–Crippen MR) is 90.6 cm³/mol. The summed E-state index contributed by atoms with van der Waals surface area (Å²) in [4.78, 5) is 12.3. The third kappa shape index (κ3) is 3.88. The normalized spacial score (nSPS) is 11.9. The fraction of sp³-hybridized carbons (Fsp3) is 0.316.